The van der Waals surface area contributed by atoms with Crippen molar-refractivity contribution >= 4 is 83.4 Å². The van der Waals surface area contributed by atoms with E-state index >= 15 is 0 Å². The van der Waals surface area contributed by atoms with E-state index < -0.39 is 0 Å². The number of phenols is 1. The number of anilines is 5. The van der Waals surface area contributed by atoms with Gasteiger partial charge in [-0.1, -0.05) is 109 Å². The van der Waals surface area contributed by atoms with Gasteiger partial charge in [-0.05, 0) is 96.9 Å². The van der Waals surface area contributed by atoms with Gasteiger partial charge in [0.15, 0.2) is 0 Å². The van der Waals surface area contributed by atoms with Gasteiger partial charge >= 0.3 is 0 Å². The monoisotopic (exact) mass is 754 g/mol. The zero-order valence-electron chi connectivity index (χ0n) is 31.1. The Bertz CT molecular complexity index is 3100. The lowest BCUT2D eigenvalue weighted by atomic mass is 9.82. The number of fused-ring (bicyclic) bond motifs is 7. The Kier molecular flexibility index (Phi) is 8.07. The number of thiophene rings is 1. The molecule has 1 N–H and O–H groups in total. The van der Waals surface area contributed by atoms with E-state index in [2.05, 4.69) is 180 Å². The maximum Gasteiger partial charge on any atom is 0.135 e. The largest absolute Gasteiger partial charge is 0.508 e. The molecule has 3 unspecified atom stereocenters. The molecule has 0 radical (unpaired) electrons. The molecule has 5 heteroatoms. The van der Waals surface area contributed by atoms with Gasteiger partial charge < -0.3 is 19.3 Å². The molecule has 6 aromatic carbocycles. The van der Waals surface area contributed by atoms with Crippen LogP contribution in [0.4, 0.5) is 28.4 Å². The van der Waals surface area contributed by atoms with E-state index in [1.807, 2.05) is 35.6 Å². The van der Waals surface area contributed by atoms with E-state index in [0.717, 1.165) is 62.4 Å². The van der Waals surface area contributed by atoms with E-state index in [4.69, 9.17) is 4.42 Å². The third kappa shape index (κ3) is 5.65. The quantitative estimate of drug-likeness (QED) is 0.176. The molecule has 274 valence electrons. The average molecular weight is 755 g/mol. The van der Waals surface area contributed by atoms with E-state index in [0.29, 0.717) is 5.75 Å². The number of benzene rings is 6. The molecule has 57 heavy (non-hydrogen) atoms. The lowest BCUT2D eigenvalue weighted by molar-refractivity contribution is 0.465. The fourth-order valence-electron chi connectivity index (χ4n) is 9.12. The Morgan fingerprint density at radius 1 is 0.614 bits per heavy atom. The molecular weight excluding hydrogens is 717 g/mol. The number of rotatable bonds is 7. The van der Waals surface area contributed by atoms with E-state index in [9.17, 15) is 5.11 Å². The van der Waals surface area contributed by atoms with Crippen LogP contribution in [0, 0.1) is 5.92 Å². The van der Waals surface area contributed by atoms with Crippen LogP contribution in [0.15, 0.2) is 193 Å². The number of aromatic hydroxyl groups is 1. The van der Waals surface area contributed by atoms with Crippen molar-refractivity contribution in [3.63, 3.8) is 0 Å². The van der Waals surface area contributed by atoms with Crippen molar-refractivity contribution in [2.75, 3.05) is 9.80 Å². The Balaban J connectivity index is 1.10. The molecule has 0 saturated heterocycles. The summed E-state index contributed by atoms with van der Waals surface area (Å²) >= 11 is 1.86. The minimum atomic E-state index is 0.0208. The summed E-state index contributed by atoms with van der Waals surface area (Å²) < 4.78 is 8.78. The molecule has 3 atom stereocenters. The van der Waals surface area contributed by atoms with Crippen LogP contribution in [0.3, 0.4) is 0 Å². The third-order valence-electron chi connectivity index (χ3n) is 11.6. The zero-order valence-corrected chi connectivity index (χ0v) is 31.9. The van der Waals surface area contributed by atoms with Gasteiger partial charge in [0, 0.05) is 70.8 Å². The number of hydrogen-bond donors (Lipinski definition) is 1. The lowest BCUT2D eigenvalue weighted by Crippen LogP contribution is -2.44. The first-order valence-corrected chi connectivity index (χ1v) is 20.4. The van der Waals surface area contributed by atoms with Crippen LogP contribution in [-0.4, -0.2) is 11.1 Å². The molecule has 11 rings (SSSR count). The maximum atomic E-state index is 11.4. The molecule has 0 amide bonds. The fraction of sp³-hybridized carbons (Fsp3) is 0.0769. The Labute approximate surface area is 334 Å². The van der Waals surface area contributed by atoms with Gasteiger partial charge in [-0.15, -0.1) is 11.3 Å². The van der Waals surface area contributed by atoms with Crippen molar-refractivity contribution in [3.8, 4) is 5.75 Å². The SMILES string of the molecule is Oc1cccc(N(c2ccccc2)c2ccc3sc4c(c3c2)=C2C=CC=CC2C(N(c2ccccc2)c2ccc3oc5ccccc5c3c2)C=4)c1C1C=CC=CC1. The topological polar surface area (TPSA) is 39.9 Å². The molecule has 0 spiro atoms. The summed E-state index contributed by atoms with van der Waals surface area (Å²) in [7, 11) is 0. The summed E-state index contributed by atoms with van der Waals surface area (Å²) in [4.78, 5) is 4.81. The first-order chi connectivity index (χ1) is 28.2. The first kappa shape index (κ1) is 33.5. The molecule has 2 aromatic heterocycles. The fourth-order valence-corrected chi connectivity index (χ4v) is 10.3. The average Bonchev–Trinajstić information content (AvgIpc) is 3.83. The molecule has 0 fully saturated rings. The minimum Gasteiger partial charge on any atom is -0.508 e. The van der Waals surface area contributed by atoms with Crippen LogP contribution in [-0.2, 0) is 0 Å². The zero-order chi connectivity index (χ0) is 37.9. The lowest BCUT2D eigenvalue weighted by Gasteiger charge is -2.38. The Morgan fingerprint density at radius 2 is 1.37 bits per heavy atom. The number of furan rings is 1. The Hall–Kier alpha value is -6.82. The highest BCUT2D eigenvalue weighted by Gasteiger charge is 2.33. The number of nitrogens with zero attached hydrogens (tertiary/aromatic N) is 2. The number of para-hydroxylation sites is 3. The maximum absolute atomic E-state index is 11.4. The molecule has 0 aliphatic heterocycles. The minimum absolute atomic E-state index is 0.0208. The van der Waals surface area contributed by atoms with Crippen LogP contribution in [0.5, 0.6) is 5.75 Å². The molecule has 3 aliphatic rings. The van der Waals surface area contributed by atoms with E-state index in [1.54, 1.807) is 0 Å². The highest BCUT2D eigenvalue weighted by molar-refractivity contribution is 7.17. The van der Waals surface area contributed by atoms with Crippen molar-refractivity contribution in [1.29, 1.82) is 0 Å². The summed E-state index contributed by atoms with van der Waals surface area (Å²) in [6, 6.07) is 49.0. The number of phenolic OH excluding ortho intramolecular Hbond substituents is 1. The standard InChI is InChI=1S/C52H38N2O2S/c55-46-25-14-24-44(51(46)34-15-4-1-5-16-34)53(35-17-6-2-7-18-35)38-28-30-49-43(32-38)52-41-23-11-10-21-39(41)45(33-50(52)57-49)54(36-19-8-3-9-20-36)37-27-29-48-42(31-37)40-22-12-13-26-47(40)56-48/h1-15,17-34,39,45,55H,16H2. The van der Waals surface area contributed by atoms with Crippen LogP contribution < -0.4 is 19.6 Å². The van der Waals surface area contributed by atoms with Gasteiger partial charge in [-0.2, -0.15) is 0 Å². The van der Waals surface area contributed by atoms with E-state index in [-0.39, 0.29) is 17.9 Å². The van der Waals surface area contributed by atoms with Gasteiger partial charge in [-0.25, -0.2) is 0 Å². The summed E-state index contributed by atoms with van der Waals surface area (Å²) in [5.41, 5.74) is 9.39. The summed E-state index contributed by atoms with van der Waals surface area (Å²) in [6.07, 6.45) is 20.9. The second-order valence-electron chi connectivity index (χ2n) is 14.9. The molecule has 3 aliphatic carbocycles. The molecule has 0 saturated carbocycles. The summed E-state index contributed by atoms with van der Waals surface area (Å²) in [5.74, 6) is 0.487. The second-order valence-corrected chi connectivity index (χ2v) is 16.0. The van der Waals surface area contributed by atoms with Gasteiger partial charge in [0.05, 0.1) is 11.7 Å². The van der Waals surface area contributed by atoms with Gasteiger partial charge in [-0.3, -0.25) is 0 Å². The first-order valence-electron chi connectivity index (χ1n) is 19.6. The van der Waals surface area contributed by atoms with E-state index in [1.165, 1.54) is 25.4 Å². The van der Waals surface area contributed by atoms with Gasteiger partial charge in [0.2, 0.25) is 0 Å². The van der Waals surface area contributed by atoms with Crippen molar-refractivity contribution in [1.82, 2.24) is 0 Å². The highest BCUT2D eigenvalue weighted by Crippen LogP contribution is 2.46. The Morgan fingerprint density at radius 3 is 2.21 bits per heavy atom. The van der Waals surface area contributed by atoms with Crippen LogP contribution in [0.25, 0.3) is 43.7 Å². The number of allylic oxidation sites excluding steroid dienone is 7. The highest BCUT2D eigenvalue weighted by atomic mass is 32.1. The predicted molar refractivity (Wildman–Crippen MR) is 239 cm³/mol. The van der Waals surface area contributed by atoms with Crippen molar-refractivity contribution in [2.45, 2.75) is 18.4 Å². The number of hydrogen-bond acceptors (Lipinski definition) is 5. The summed E-state index contributed by atoms with van der Waals surface area (Å²) in [5, 5.41) is 16.2. The normalized spacial score (nSPS) is 18.2. The van der Waals surface area contributed by atoms with Crippen LogP contribution in [0.1, 0.15) is 17.9 Å². The van der Waals surface area contributed by atoms with Crippen molar-refractivity contribution in [2.24, 2.45) is 5.92 Å². The molecule has 4 nitrogen and oxygen atoms in total. The molecular formula is C52H38N2O2S. The van der Waals surface area contributed by atoms with Crippen LogP contribution in [0.2, 0.25) is 0 Å². The predicted octanol–water partition coefficient (Wildman–Crippen LogP) is 12.5. The molecule has 0 bridgehead atoms. The van der Waals surface area contributed by atoms with Gasteiger partial charge in [0.25, 0.3) is 0 Å². The molecule has 8 aromatic rings. The van der Waals surface area contributed by atoms with Crippen LogP contribution >= 0.6 is 11.3 Å². The van der Waals surface area contributed by atoms with Gasteiger partial charge in [0.1, 0.15) is 16.9 Å². The second kappa shape index (κ2) is 13.7. The summed E-state index contributed by atoms with van der Waals surface area (Å²) in [6.45, 7) is 0. The smallest absolute Gasteiger partial charge is 0.135 e. The van der Waals surface area contributed by atoms with Crippen molar-refractivity contribution in [3.05, 3.63) is 203 Å². The molecule has 2 heterocycles. The third-order valence-corrected chi connectivity index (χ3v) is 12.8. The van der Waals surface area contributed by atoms with Crippen molar-refractivity contribution < 1.29 is 9.52 Å².